The van der Waals surface area contributed by atoms with E-state index < -0.39 is 0 Å². The van der Waals surface area contributed by atoms with Crippen LogP contribution in [-0.2, 0) is 0 Å². The maximum absolute atomic E-state index is 4.50. The first-order valence-electron chi connectivity index (χ1n) is 0.577. The molecule has 0 atom stereocenters. The topological polar surface area (TPSA) is 26.0 Å². The van der Waals surface area contributed by atoms with Gasteiger partial charge in [0.25, 0.3) is 0 Å². The summed E-state index contributed by atoms with van der Waals surface area (Å²) in [7, 11) is 1.50. The van der Waals surface area contributed by atoms with Crippen molar-refractivity contribution < 1.29 is 0 Å². The van der Waals surface area contributed by atoms with Gasteiger partial charge < -0.3 is 5.73 Å². The number of hydrogen-bond acceptors (Lipinski definition) is 1. The molecule has 0 unspecified atom stereocenters. The second-order valence-corrected chi connectivity index (χ2v) is 0. The molecule has 0 amide bonds. The molecule has 0 bridgehead atoms. The van der Waals surface area contributed by atoms with Gasteiger partial charge in [0.15, 0.2) is 0 Å². The van der Waals surface area contributed by atoms with Crippen molar-refractivity contribution in [3.05, 3.63) is 0 Å². The van der Waals surface area contributed by atoms with Gasteiger partial charge in [-0.3, -0.25) is 0 Å². The summed E-state index contributed by atoms with van der Waals surface area (Å²) in [6.07, 6.45) is 0. The van der Waals surface area contributed by atoms with Crippen molar-refractivity contribution in [1.29, 1.82) is 0 Å². The summed E-state index contributed by atoms with van der Waals surface area (Å²) >= 11 is 0. The van der Waals surface area contributed by atoms with Gasteiger partial charge in [0.2, 0.25) is 0 Å². The Kier molecular flexibility index (Phi) is 224. The smallest absolute Gasteiger partial charge is 0 e. The first kappa shape index (κ1) is 28.5. The van der Waals surface area contributed by atoms with E-state index in [0.29, 0.717) is 0 Å². The van der Waals surface area contributed by atoms with E-state index in [9.17, 15) is 0 Å². The molecule has 32 valence electrons. The predicted octanol–water partition coefficient (Wildman–Crippen LogP) is 0.769. The Bertz CT molecular complexity index is 11.6. The third kappa shape index (κ3) is 24.8. The Morgan fingerprint density at radius 3 is 1.20 bits per heavy atom. The second kappa shape index (κ2) is 39.2. The molecular weight excluding hydrogens is 396 g/mol. The molecule has 0 spiro atoms. The summed E-state index contributed by atoms with van der Waals surface area (Å²) in [5.41, 5.74) is 4.50. The van der Waals surface area contributed by atoms with Gasteiger partial charge >= 0.3 is 0 Å². The van der Waals surface area contributed by atoms with Crippen molar-refractivity contribution >= 4 is 63.7 Å². The molecule has 1 nitrogen and oxygen atoms in total. The van der Waals surface area contributed by atoms with Gasteiger partial charge in [-0.15, -0.1) is 0 Å². The fraction of sp³-hybridized carbons (Fsp3) is 1.00. The molecule has 0 aromatic heterocycles. The molecular formula is CH5ClINPb. The van der Waals surface area contributed by atoms with Crippen molar-refractivity contribution in [2.24, 2.45) is 5.73 Å². The van der Waals surface area contributed by atoms with Crippen LogP contribution in [0, 0.1) is 0 Å². The van der Waals surface area contributed by atoms with Crippen molar-refractivity contribution in [3.8, 4) is 0 Å². The van der Waals surface area contributed by atoms with Crippen LogP contribution in [0.4, 0.5) is 0 Å². The summed E-state index contributed by atoms with van der Waals surface area (Å²) < 4.78 is 0. The van der Waals surface area contributed by atoms with Gasteiger partial charge in [-0.25, -0.2) is 0 Å². The van der Waals surface area contributed by atoms with Gasteiger partial charge in [0.05, 0.1) is 0 Å². The minimum absolute atomic E-state index is 0. The summed E-state index contributed by atoms with van der Waals surface area (Å²) in [5, 5.41) is 0. The second-order valence-electron chi connectivity index (χ2n) is 0. The van der Waals surface area contributed by atoms with E-state index in [1.807, 2.05) is 0 Å². The number of halogens is 2. The number of hydrogen-bond donors (Lipinski definition) is 1. The zero-order chi connectivity index (χ0) is 2.00. The van der Waals surface area contributed by atoms with Crippen LogP contribution in [0.1, 0.15) is 0 Å². The van der Waals surface area contributed by atoms with Crippen LogP contribution in [0.15, 0.2) is 0 Å². The first-order chi connectivity index (χ1) is 1.00. The monoisotopic (exact) mass is 401 g/mol. The largest absolute Gasteiger partial charge is 0.333 e. The van der Waals surface area contributed by atoms with Crippen molar-refractivity contribution in [2.75, 3.05) is 7.05 Å². The number of rotatable bonds is 0. The molecule has 0 aliphatic carbocycles. The fourth-order valence-corrected chi connectivity index (χ4v) is 0. The van der Waals surface area contributed by atoms with E-state index in [0.717, 1.165) is 0 Å². The summed E-state index contributed by atoms with van der Waals surface area (Å²) in [6, 6.07) is 0. The van der Waals surface area contributed by atoms with Gasteiger partial charge in [0.1, 0.15) is 0 Å². The van der Waals surface area contributed by atoms with Crippen molar-refractivity contribution in [3.63, 3.8) is 0 Å². The summed E-state index contributed by atoms with van der Waals surface area (Å²) in [4.78, 5) is 0. The molecule has 0 aliphatic heterocycles. The molecule has 6 radical (unpaired) electrons. The summed E-state index contributed by atoms with van der Waals surface area (Å²) in [6.45, 7) is 0. The van der Waals surface area contributed by atoms with E-state index >= 15 is 0 Å². The van der Waals surface area contributed by atoms with Crippen LogP contribution in [0.2, 0.25) is 0 Å². The van der Waals surface area contributed by atoms with E-state index in [1.165, 1.54) is 7.05 Å². The first-order valence-corrected chi connectivity index (χ1v) is 0.577. The van der Waals surface area contributed by atoms with Gasteiger partial charge in [-0.2, -0.15) is 0 Å². The molecule has 4 heteroatoms. The minimum atomic E-state index is 0. The van der Waals surface area contributed by atoms with Gasteiger partial charge in [-0.05, 0) is 7.05 Å². The molecule has 0 saturated heterocycles. The molecule has 0 heterocycles. The molecule has 0 aliphatic rings. The van der Waals surface area contributed by atoms with Crippen LogP contribution < -0.4 is 5.73 Å². The van der Waals surface area contributed by atoms with Crippen molar-refractivity contribution in [1.82, 2.24) is 0 Å². The zero-order valence-corrected chi connectivity index (χ0v) is 9.63. The fourth-order valence-electron chi connectivity index (χ4n) is 0. The van der Waals surface area contributed by atoms with E-state index in [2.05, 4.69) is 5.73 Å². The average molecular weight is 401 g/mol. The van der Waals surface area contributed by atoms with Gasteiger partial charge in [-0.1, -0.05) is 0 Å². The predicted molar refractivity (Wildman–Crippen MR) is 35.7 cm³/mol. The van der Waals surface area contributed by atoms with Crippen molar-refractivity contribution in [2.45, 2.75) is 0 Å². The summed E-state index contributed by atoms with van der Waals surface area (Å²) in [5.74, 6) is 0. The SMILES string of the molecule is CN.[Cl].[I].[Pb]. The zero-order valence-electron chi connectivity index (χ0n) is 2.83. The number of nitrogens with two attached hydrogens (primary N) is 1. The van der Waals surface area contributed by atoms with Crippen LogP contribution in [0.25, 0.3) is 0 Å². The van der Waals surface area contributed by atoms with Crippen LogP contribution in [0.5, 0.6) is 0 Å². The Morgan fingerprint density at radius 2 is 1.20 bits per heavy atom. The van der Waals surface area contributed by atoms with E-state index in [4.69, 9.17) is 0 Å². The van der Waals surface area contributed by atoms with Gasteiger partial charge in [0, 0.05) is 63.7 Å². The maximum Gasteiger partial charge on any atom is 0 e. The Morgan fingerprint density at radius 1 is 1.20 bits per heavy atom. The molecule has 0 aromatic rings. The Hall–Kier alpha value is 1.90. The minimum Gasteiger partial charge on any atom is -0.333 e. The maximum atomic E-state index is 4.50. The molecule has 0 fully saturated rings. The molecule has 0 aromatic carbocycles. The van der Waals surface area contributed by atoms with Crippen LogP contribution in [-0.4, -0.2) is 34.3 Å². The van der Waals surface area contributed by atoms with Crippen LogP contribution in [0.3, 0.4) is 0 Å². The normalized spacial score (nSPS) is 1.20. The third-order valence-electron chi connectivity index (χ3n) is 0. The quantitative estimate of drug-likeness (QED) is 0.472. The van der Waals surface area contributed by atoms with Crippen LogP contribution >= 0.6 is 36.4 Å². The van der Waals surface area contributed by atoms with E-state index in [1.54, 1.807) is 0 Å². The van der Waals surface area contributed by atoms with E-state index in [-0.39, 0.29) is 63.7 Å². The Labute approximate surface area is 75.7 Å². The molecule has 0 rings (SSSR count). The molecule has 2 N–H and O–H groups in total. The third-order valence-corrected chi connectivity index (χ3v) is 0. The standard InChI is InChI=1S/CH5N.Cl.I.Pb/c1-2;;;/h2H2,1H3;;;. The Balaban J connectivity index is -0.00000000167. The average Bonchev–Trinajstić information content (AvgIpc) is 1.00. The molecule has 0 saturated carbocycles. The molecule has 5 heavy (non-hydrogen) atoms.